The van der Waals surface area contributed by atoms with Crippen molar-refractivity contribution in [1.82, 2.24) is 14.4 Å². The lowest BCUT2D eigenvalue weighted by Gasteiger charge is -1.93. The van der Waals surface area contributed by atoms with Crippen LogP contribution in [0.25, 0.3) is 5.78 Å². The minimum absolute atomic E-state index is 0.389. The third kappa shape index (κ3) is 1.05. The molecule has 0 amide bonds. The van der Waals surface area contributed by atoms with E-state index >= 15 is 0 Å². The molecule has 0 N–H and O–H groups in total. The molecular weight excluding hydrogens is 168 g/mol. The topological polar surface area (TPSA) is 71.0 Å². The Morgan fingerprint density at radius 1 is 1.46 bits per heavy atom. The molecule has 0 saturated heterocycles. The number of hydrogen-bond acceptors (Lipinski definition) is 4. The average molecular weight is 172 g/mol. The first kappa shape index (κ1) is 7.43. The highest BCUT2D eigenvalue weighted by molar-refractivity contribution is 5.73. The van der Waals surface area contributed by atoms with Crippen molar-refractivity contribution in [3.8, 4) is 6.07 Å². The lowest BCUT2D eigenvalue weighted by Crippen LogP contribution is -1.94. The Balaban J connectivity index is 2.80. The molecule has 0 unspecified atom stereocenters. The third-order valence-electron chi connectivity index (χ3n) is 1.64. The second-order valence-electron chi connectivity index (χ2n) is 2.43. The number of rotatable bonds is 1. The van der Waals surface area contributed by atoms with Gasteiger partial charge in [-0.1, -0.05) is 0 Å². The summed E-state index contributed by atoms with van der Waals surface area (Å²) in [6.45, 7) is 0. The zero-order valence-electron chi connectivity index (χ0n) is 6.51. The van der Waals surface area contributed by atoms with Gasteiger partial charge < -0.3 is 0 Å². The molecule has 0 aromatic carbocycles. The number of aromatic nitrogens is 3. The maximum atomic E-state index is 10.5. The summed E-state index contributed by atoms with van der Waals surface area (Å²) >= 11 is 0. The van der Waals surface area contributed by atoms with E-state index in [1.807, 2.05) is 6.07 Å². The molecule has 0 atom stereocenters. The molecule has 5 nitrogen and oxygen atoms in total. The van der Waals surface area contributed by atoms with E-state index in [1.54, 1.807) is 0 Å². The molecule has 0 saturated carbocycles. The van der Waals surface area contributed by atoms with E-state index in [2.05, 4.69) is 9.97 Å². The van der Waals surface area contributed by atoms with Gasteiger partial charge in [-0.15, -0.1) is 0 Å². The van der Waals surface area contributed by atoms with E-state index in [-0.39, 0.29) is 0 Å². The van der Waals surface area contributed by atoms with Crippen LogP contribution >= 0.6 is 0 Å². The minimum atomic E-state index is 0.389. The Morgan fingerprint density at radius 3 is 2.92 bits per heavy atom. The van der Waals surface area contributed by atoms with E-state index in [1.165, 1.54) is 23.0 Å². The Hall–Kier alpha value is -2.22. The summed E-state index contributed by atoms with van der Waals surface area (Å²) in [6.07, 6.45) is 5.02. The van der Waals surface area contributed by atoms with Crippen LogP contribution in [-0.2, 0) is 0 Å². The molecule has 2 aromatic heterocycles. The van der Waals surface area contributed by atoms with Gasteiger partial charge in [0, 0.05) is 6.20 Å². The standard InChI is InChI=1S/C8H4N4O/c9-1-6-2-10-8-11-3-7(5-13)12(8)4-6/h2-5H. The molecule has 2 aromatic rings. The van der Waals surface area contributed by atoms with Crippen molar-refractivity contribution in [1.29, 1.82) is 5.26 Å². The highest BCUT2D eigenvalue weighted by Crippen LogP contribution is 2.03. The minimum Gasteiger partial charge on any atom is -0.296 e. The summed E-state index contributed by atoms with van der Waals surface area (Å²) in [5.41, 5.74) is 0.785. The van der Waals surface area contributed by atoms with Crippen LogP contribution in [0, 0.1) is 11.3 Å². The van der Waals surface area contributed by atoms with Crippen molar-refractivity contribution in [2.75, 3.05) is 0 Å². The van der Waals surface area contributed by atoms with Gasteiger partial charge in [-0.05, 0) is 0 Å². The molecule has 0 radical (unpaired) electrons. The van der Waals surface area contributed by atoms with Crippen molar-refractivity contribution < 1.29 is 4.79 Å². The number of fused-ring (bicyclic) bond motifs is 1. The predicted molar refractivity (Wildman–Crippen MR) is 43.1 cm³/mol. The van der Waals surface area contributed by atoms with Crippen molar-refractivity contribution in [2.45, 2.75) is 0 Å². The average Bonchev–Trinajstić information content (AvgIpc) is 2.59. The molecule has 13 heavy (non-hydrogen) atoms. The SMILES string of the molecule is N#Cc1cnc2ncc(C=O)n2c1. The maximum absolute atomic E-state index is 10.5. The molecule has 0 aliphatic carbocycles. The van der Waals surface area contributed by atoms with Crippen LogP contribution in [0.5, 0.6) is 0 Å². The molecular formula is C8H4N4O. The van der Waals surface area contributed by atoms with Gasteiger partial charge in [-0.3, -0.25) is 9.20 Å². The fraction of sp³-hybridized carbons (Fsp3) is 0. The van der Waals surface area contributed by atoms with Crippen LogP contribution in [0.3, 0.4) is 0 Å². The van der Waals surface area contributed by atoms with Gasteiger partial charge in [0.25, 0.3) is 0 Å². The lowest BCUT2D eigenvalue weighted by molar-refractivity contribution is 0.111. The summed E-state index contributed by atoms with van der Waals surface area (Å²) in [5, 5.41) is 8.59. The van der Waals surface area contributed by atoms with Crippen LogP contribution in [0.2, 0.25) is 0 Å². The van der Waals surface area contributed by atoms with E-state index in [4.69, 9.17) is 5.26 Å². The maximum Gasteiger partial charge on any atom is 0.234 e. The monoisotopic (exact) mass is 172 g/mol. The van der Waals surface area contributed by atoms with Gasteiger partial charge in [0.2, 0.25) is 5.78 Å². The van der Waals surface area contributed by atoms with Gasteiger partial charge in [0.1, 0.15) is 11.8 Å². The largest absolute Gasteiger partial charge is 0.296 e. The van der Waals surface area contributed by atoms with Crippen LogP contribution in [-0.4, -0.2) is 20.7 Å². The third-order valence-corrected chi connectivity index (χ3v) is 1.64. The number of aldehydes is 1. The van der Waals surface area contributed by atoms with Gasteiger partial charge in [0.05, 0.1) is 18.0 Å². The number of nitrogens with zero attached hydrogens (tertiary/aromatic N) is 4. The Bertz CT molecular complexity index is 508. The van der Waals surface area contributed by atoms with Crippen molar-refractivity contribution in [3.05, 3.63) is 29.8 Å². The van der Waals surface area contributed by atoms with E-state index in [0.29, 0.717) is 23.3 Å². The van der Waals surface area contributed by atoms with Crippen molar-refractivity contribution in [3.63, 3.8) is 0 Å². The molecule has 2 heterocycles. The summed E-state index contributed by atoms with van der Waals surface area (Å²) < 4.78 is 1.48. The molecule has 0 spiro atoms. The molecule has 0 aliphatic rings. The molecule has 0 fully saturated rings. The number of nitriles is 1. The summed E-state index contributed by atoms with van der Waals surface area (Å²) in [7, 11) is 0. The zero-order chi connectivity index (χ0) is 9.26. The van der Waals surface area contributed by atoms with Crippen molar-refractivity contribution in [2.24, 2.45) is 0 Å². The first-order valence-electron chi connectivity index (χ1n) is 3.53. The smallest absolute Gasteiger partial charge is 0.234 e. The first-order valence-corrected chi connectivity index (χ1v) is 3.53. The molecule has 0 aliphatic heterocycles. The Labute approximate surface area is 73.3 Å². The fourth-order valence-electron chi connectivity index (χ4n) is 1.04. The van der Waals surface area contributed by atoms with Crippen LogP contribution in [0.1, 0.15) is 16.1 Å². The number of hydrogen-bond donors (Lipinski definition) is 0. The van der Waals surface area contributed by atoms with Gasteiger partial charge >= 0.3 is 0 Å². The normalized spacial score (nSPS) is 9.77. The Morgan fingerprint density at radius 2 is 2.23 bits per heavy atom. The van der Waals surface area contributed by atoms with E-state index in [0.717, 1.165) is 0 Å². The van der Waals surface area contributed by atoms with Crippen molar-refractivity contribution >= 4 is 12.1 Å². The quantitative estimate of drug-likeness (QED) is 0.584. The van der Waals surface area contributed by atoms with E-state index in [9.17, 15) is 4.79 Å². The fourth-order valence-corrected chi connectivity index (χ4v) is 1.04. The van der Waals surface area contributed by atoms with Gasteiger partial charge in [-0.2, -0.15) is 5.26 Å². The molecule has 5 heteroatoms. The summed E-state index contributed by atoms with van der Waals surface area (Å²) in [4.78, 5) is 18.3. The molecule has 62 valence electrons. The van der Waals surface area contributed by atoms with Crippen LogP contribution in [0.15, 0.2) is 18.6 Å². The second kappa shape index (κ2) is 2.68. The summed E-state index contributed by atoms with van der Waals surface area (Å²) in [5.74, 6) is 0.418. The number of imidazole rings is 1. The Kier molecular flexibility index (Phi) is 1.53. The second-order valence-corrected chi connectivity index (χ2v) is 2.43. The first-order chi connectivity index (χ1) is 6.35. The zero-order valence-corrected chi connectivity index (χ0v) is 6.51. The van der Waals surface area contributed by atoms with Crippen LogP contribution in [0.4, 0.5) is 0 Å². The van der Waals surface area contributed by atoms with Gasteiger partial charge in [0.15, 0.2) is 6.29 Å². The predicted octanol–water partition coefficient (Wildman–Crippen LogP) is 0.413. The molecule has 0 bridgehead atoms. The van der Waals surface area contributed by atoms with E-state index < -0.39 is 0 Å². The molecule has 2 rings (SSSR count). The highest BCUT2D eigenvalue weighted by Gasteiger charge is 2.02. The van der Waals surface area contributed by atoms with Gasteiger partial charge in [-0.25, -0.2) is 9.97 Å². The number of carbonyl (C=O) groups excluding carboxylic acids is 1. The number of carbonyl (C=O) groups is 1. The lowest BCUT2D eigenvalue weighted by atomic mass is 10.4. The van der Waals surface area contributed by atoms with Crippen LogP contribution < -0.4 is 0 Å². The highest BCUT2D eigenvalue weighted by atomic mass is 16.1. The summed E-state index contributed by atoms with van der Waals surface area (Å²) in [6, 6.07) is 1.93.